The van der Waals surface area contributed by atoms with Crippen LogP contribution < -0.4 is 11.1 Å². The van der Waals surface area contributed by atoms with Crippen molar-refractivity contribution in [1.29, 1.82) is 0 Å². The lowest BCUT2D eigenvalue weighted by Gasteiger charge is -2.06. The number of hydrogen-bond donors (Lipinski definition) is 2. The van der Waals surface area contributed by atoms with E-state index in [1.54, 1.807) is 0 Å². The molecule has 0 saturated heterocycles. The molecule has 0 fully saturated rings. The lowest BCUT2D eigenvalue weighted by molar-refractivity contribution is 0.706. The van der Waals surface area contributed by atoms with Gasteiger partial charge in [0.1, 0.15) is 0 Å². The van der Waals surface area contributed by atoms with Crippen LogP contribution in [0.5, 0.6) is 0 Å². The maximum atomic E-state index is 5.87. The fraction of sp³-hybridized carbons (Fsp3) is 0.286. The summed E-state index contributed by atoms with van der Waals surface area (Å²) in [5.41, 5.74) is 10.0. The first-order valence-electron chi connectivity index (χ1n) is 6.18. The largest absolute Gasteiger partial charge is 0.370 e. The molecule has 2 rings (SSSR count). The molecular formula is C14H20IN5. The van der Waals surface area contributed by atoms with Gasteiger partial charge in [0.15, 0.2) is 5.96 Å². The van der Waals surface area contributed by atoms with Crippen molar-refractivity contribution in [3.63, 3.8) is 0 Å². The van der Waals surface area contributed by atoms with Gasteiger partial charge in [-0.25, -0.2) is 4.99 Å². The van der Waals surface area contributed by atoms with Crippen molar-refractivity contribution in [2.45, 2.75) is 20.4 Å². The molecule has 1 heterocycles. The molecule has 1 aromatic heterocycles. The number of aliphatic imine (C=N–C) groups is 1. The first-order valence-corrected chi connectivity index (χ1v) is 6.18. The number of anilines is 1. The molecule has 0 spiro atoms. The molecule has 108 valence electrons. The fourth-order valence-electron chi connectivity index (χ4n) is 1.89. The highest BCUT2D eigenvalue weighted by Crippen LogP contribution is 2.09. The number of nitrogens with zero attached hydrogens (tertiary/aromatic N) is 3. The van der Waals surface area contributed by atoms with Gasteiger partial charge in [0.25, 0.3) is 0 Å². The Morgan fingerprint density at radius 1 is 1.35 bits per heavy atom. The minimum absolute atomic E-state index is 0. The van der Waals surface area contributed by atoms with E-state index >= 15 is 0 Å². The fourth-order valence-corrected chi connectivity index (χ4v) is 1.89. The Morgan fingerprint density at radius 3 is 2.70 bits per heavy atom. The van der Waals surface area contributed by atoms with Gasteiger partial charge in [0.2, 0.25) is 0 Å². The molecule has 0 amide bonds. The normalized spacial score (nSPS) is 11.1. The molecule has 20 heavy (non-hydrogen) atoms. The molecule has 0 aliphatic heterocycles. The quantitative estimate of drug-likeness (QED) is 0.485. The Labute approximate surface area is 136 Å². The van der Waals surface area contributed by atoms with Crippen LogP contribution in [0.3, 0.4) is 0 Å². The van der Waals surface area contributed by atoms with Crippen LogP contribution in [0.1, 0.15) is 17.0 Å². The number of benzene rings is 1. The number of hydrogen-bond acceptors (Lipinski definition) is 2. The predicted molar refractivity (Wildman–Crippen MR) is 93.5 cm³/mol. The third-order valence-electron chi connectivity index (χ3n) is 2.80. The summed E-state index contributed by atoms with van der Waals surface area (Å²) in [5.74, 6) is 0.407. The maximum Gasteiger partial charge on any atom is 0.193 e. The van der Waals surface area contributed by atoms with E-state index in [1.165, 1.54) is 5.56 Å². The Bertz CT molecular complexity index is 603. The molecule has 0 aliphatic carbocycles. The number of halogens is 1. The summed E-state index contributed by atoms with van der Waals surface area (Å²) in [4.78, 5) is 4.32. The third kappa shape index (κ3) is 4.52. The van der Waals surface area contributed by atoms with Crippen molar-refractivity contribution in [3.8, 4) is 0 Å². The zero-order chi connectivity index (χ0) is 13.8. The first kappa shape index (κ1) is 16.5. The smallest absolute Gasteiger partial charge is 0.193 e. The number of aromatic nitrogens is 2. The minimum atomic E-state index is 0. The van der Waals surface area contributed by atoms with E-state index in [0.29, 0.717) is 12.5 Å². The molecule has 3 N–H and O–H groups in total. The van der Waals surface area contributed by atoms with Gasteiger partial charge in [-0.15, -0.1) is 24.0 Å². The van der Waals surface area contributed by atoms with E-state index in [1.807, 2.05) is 55.9 Å². The number of guanidine groups is 1. The minimum Gasteiger partial charge on any atom is -0.370 e. The van der Waals surface area contributed by atoms with Crippen LogP contribution in [-0.2, 0) is 13.6 Å². The van der Waals surface area contributed by atoms with Gasteiger partial charge in [-0.1, -0.05) is 12.1 Å². The van der Waals surface area contributed by atoms with Crippen molar-refractivity contribution in [1.82, 2.24) is 9.78 Å². The summed E-state index contributed by atoms with van der Waals surface area (Å²) < 4.78 is 1.82. The van der Waals surface area contributed by atoms with Gasteiger partial charge in [-0.3, -0.25) is 4.68 Å². The average molecular weight is 385 g/mol. The summed E-state index contributed by atoms with van der Waals surface area (Å²) in [6.45, 7) is 4.51. The number of nitrogens with one attached hydrogen (secondary N) is 1. The molecule has 0 unspecified atom stereocenters. The van der Waals surface area contributed by atoms with Crippen molar-refractivity contribution in [2.24, 2.45) is 17.8 Å². The standard InChI is InChI=1S/C14H19N5.HI/c1-10-5-4-6-12(7-10)17-14(15)16-9-13-8-11(2)18-19(13)3;/h4-8H,9H2,1-3H3,(H3,15,16,17);1H. The molecular weight excluding hydrogens is 365 g/mol. The average Bonchev–Trinajstić information content (AvgIpc) is 2.65. The Kier molecular flexibility index (Phi) is 6.00. The highest BCUT2D eigenvalue weighted by Gasteiger charge is 2.01. The third-order valence-corrected chi connectivity index (χ3v) is 2.80. The second kappa shape index (κ2) is 7.28. The Balaban J connectivity index is 0.00000200. The number of aryl methyl sites for hydroxylation is 3. The summed E-state index contributed by atoms with van der Waals surface area (Å²) in [5, 5.41) is 7.35. The van der Waals surface area contributed by atoms with Crippen LogP contribution in [0.25, 0.3) is 0 Å². The van der Waals surface area contributed by atoms with Gasteiger partial charge in [-0.2, -0.15) is 5.10 Å². The van der Waals surface area contributed by atoms with Gasteiger partial charge >= 0.3 is 0 Å². The topological polar surface area (TPSA) is 68.2 Å². The van der Waals surface area contributed by atoms with E-state index in [-0.39, 0.29) is 24.0 Å². The summed E-state index contributed by atoms with van der Waals surface area (Å²) in [6, 6.07) is 10.0. The van der Waals surface area contributed by atoms with Crippen LogP contribution in [0.4, 0.5) is 5.69 Å². The van der Waals surface area contributed by atoms with Gasteiger partial charge in [0.05, 0.1) is 17.9 Å². The Hall–Kier alpha value is -1.57. The summed E-state index contributed by atoms with van der Waals surface area (Å²) >= 11 is 0. The van der Waals surface area contributed by atoms with E-state index in [2.05, 4.69) is 15.4 Å². The van der Waals surface area contributed by atoms with Crippen molar-refractivity contribution in [3.05, 3.63) is 47.3 Å². The van der Waals surface area contributed by atoms with Gasteiger partial charge in [-0.05, 0) is 37.6 Å². The molecule has 0 saturated carbocycles. The lowest BCUT2D eigenvalue weighted by Crippen LogP contribution is -2.22. The number of rotatable bonds is 3. The first-order chi connectivity index (χ1) is 9.04. The van der Waals surface area contributed by atoms with Crippen LogP contribution in [0, 0.1) is 13.8 Å². The van der Waals surface area contributed by atoms with E-state index in [0.717, 1.165) is 17.1 Å². The Morgan fingerprint density at radius 2 is 2.10 bits per heavy atom. The zero-order valence-corrected chi connectivity index (χ0v) is 14.3. The van der Waals surface area contributed by atoms with Crippen LogP contribution in [0.2, 0.25) is 0 Å². The molecule has 0 aliphatic rings. The second-order valence-electron chi connectivity index (χ2n) is 4.60. The van der Waals surface area contributed by atoms with Crippen molar-refractivity contribution in [2.75, 3.05) is 5.32 Å². The monoisotopic (exact) mass is 385 g/mol. The lowest BCUT2D eigenvalue weighted by atomic mass is 10.2. The van der Waals surface area contributed by atoms with Gasteiger partial charge < -0.3 is 11.1 Å². The SMILES string of the molecule is Cc1cccc(NC(N)=NCc2cc(C)nn2C)c1.I. The predicted octanol–water partition coefficient (Wildman–Crippen LogP) is 2.58. The van der Waals surface area contributed by atoms with Crippen molar-refractivity contribution < 1.29 is 0 Å². The maximum absolute atomic E-state index is 5.87. The van der Waals surface area contributed by atoms with Gasteiger partial charge in [0, 0.05) is 12.7 Å². The molecule has 0 radical (unpaired) electrons. The molecule has 2 aromatic rings. The molecule has 0 atom stereocenters. The molecule has 0 bridgehead atoms. The second-order valence-corrected chi connectivity index (χ2v) is 4.60. The highest BCUT2D eigenvalue weighted by atomic mass is 127. The van der Waals surface area contributed by atoms with Crippen LogP contribution in [0.15, 0.2) is 35.3 Å². The molecule has 1 aromatic carbocycles. The summed E-state index contributed by atoms with van der Waals surface area (Å²) in [6.07, 6.45) is 0. The summed E-state index contributed by atoms with van der Waals surface area (Å²) in [7, 11) is 1.90. The van der Waals surface area contributed by atoms with E-state index in [9.17, 15) is 0 Å². The number of nitrogens with two attached hydrogens (primary N) is 1. The van der Waals surface area contributed by atoms with Crippen LogP contribution >= 0.6 is 24.0 Å². The van der Waals surface area contributed by atoms with Crippen LogP contribution in [-0.4, -0.2) is 15.7 Å². The van der Waals surface area contributed by atoms with E-state index < -0.39 is 0 Å². The molecule has 5 nitrogen and oxygen atoms in total. The van der Waals surface area contributed by atoms with E-state index in [4.69, 9.17) is 5.73 Å². The molecule has 6 heteroatoms. The van der Waals surface area contributed by atoms with Crippen molar-refractivity contribution >= 4 is 35.6 Å². The highest BCUT2D eigenvalue weighted by molar-refractivity contribution is 14.0. The zero-order valence-electron chi connectivity index (χ0n) is 11.9.